The van der Waals surface area contributed by atoms with Crippen LogP contribution < -0.4 is 5.32 Å². The Morgan fingerprint density at radius 2 is 1.65 bits per heavy atom. The van der Waals surface area contributed by atoms with Crippen molar-refractivity contribution in [1.82, 2.24) is 4.98 Å². The van der Waals surface area contributed by atoms with Gasteiger partial charge >= 0.3 is 0 Å². The number of carbonyl (C=O) groups excluding carboxylic acids is 1. The molecule has 0 aliphatic rings. The summed E-state index contributed by atoms with van der Waals surface area (Å²) in [5.74, 6) is 0.386. The van der Waals surface area contributed by atoms with Crippen LogP contribution in [0.1, 0.15) is 54.6 Å². The summed E-state index contributed by atoms with van der Waals surface area (Å²) < 4.78 is 0. The molecule has 1 amide bonds. The van der Waals surface area contributed by atoms with Crippen molar-refractivity contribution in [3.05, 3.63) is 95.6 Å². The highest BCUT2D eigenvalue weighted by Crippen LogP contribution is 2.27. The van der Waals surface area contributed by atoms with E-state index in [4.69, 9.17) is 4.98 Å². The molecule has 156 valence electrons. The molecule has 1 N–H and O–H groups in total. The van der Waals surface area contributed by atoms with Crippen molar-refractivity contribution in [3.63, 3.8) is 0 Å². The highest BCUT2D eigenvalue weighted by atomic mass is 16.1. The number of nitrogens with one attached hydrogen (secondary N) is 1. The molecule has 31 heavy (non-hydrogen) atoms. The normalized spacial score (nSPS) is 12.0. The molecule has 0 spiro atoms. The quantitative estimate of drug-likeness (QED) is 0.366. The van der Waals surface area contributed by atoms with E-state index in [1.165, 1.54) is 11.1 Å². The average Bonchev–Trinajstić information content (AvgIpc) is 2.83. The van der Waals surface area contributed by atoms with Crippen LogP contribution in [-0.2, 0) is 6.42 Å². The van der Waals surface area contributed by atoms with Gasteiger partial charge in [0, 0.05) is 16.6 Å². The van der Waals surface area contributed by atoms with Crippen LogP contribution in [0.3, 0.4) is 0 Å². The molecule has 0 aliphatic heterocycles. The van der Waals surface area contributed by atoms with Gasteiger partial charge in [-0.15, -0.1) is 0 Å². The first-order valence-electron chi connectivity index (χ1n) is 11.0. The predicted molar refractivity (Wildman–Crippen MR) is 130 cm³/mol. The van der Waals surface area contributed by atoms with Crippen LogP contribution in [0.2, 0.25) is 0 Å². The number of fused-ring (bicyclic) bond motifs is 1. The van der Waals surface area contributed by atoms with Gasteiger partial charge in [-0.25, -0.2) is 4.98 Å². The summed E-state index contributed by atoms with van der Waals surface area (Å²) >= 11 is 0. The lowest BCUT2D eigenvalue weighted by Gasteiger charge is -2.12. The number of para-hydroxylation sites is 1. The number of amides is 1. The van der Waals surface area contributed by atoms with Gasteiger partial charge in [0.1, 0.15) is 0 Å². The Morgan fingerprint density at radius 1 is 0.935 bits per heavy atom. The number of nitrogens with zero attached hydrogens (tertiary/aromatic N) is 1. The molecule has 4 rings (SSSR count). The van der Waals surface area contributed by atoms with E-state index in [1.54, 1.807) is 0 Å². The fourth-order valence-electron chi connectivity index (χ4n) is 3.75. The molecule has 4 aromatic rings. The Hall–Kier alpha value is -3.46. The van der Waals surface area contributed by atoms with Crippen LogP contribution in [0.15, 0.2) is 78.9 Å². The summed E-state index contributed by atoms with van der Waals surface area (Å²) in [7, 11) is 0. The Bertz CT molecular complexity index is 1190. The number of hydrogen-bond donors (Lipinski definition) is 1. The zero-order valence-corrected chi connectivity index (χ0v) is 18.4. The van der Waals surface area contributed by atoms with Gasteiger partial charge in [0.25, 0.3) is 5.91 Å². The van der Waals surface area contributed by atoms with E-state index in [1.807, 2.05) is 42.5 Å². The number of pyridine rings is 1. The fraction of sp³-hybridized carbons (Fsp3) is 0.214. The van der Waals surface area contributed by atoms with Gasteiger partial charge in [-0.05, 0) is 54.2 Å². The van der Waals surface area contributed by atoms with Crippen molar-refractivity contribution in [2.75, 3.05) is 5.32 Å². The Balaban J connectivity index is 1.69. The third-order valence-corrected chi connectivity index (χ3v) is 5.97. The maximum atomic E-state index is 13.2. The largest absolute Gasteiger partial charge is 0.322 e. The van der Waals surface area contributed by atoms with Crippen molar-refractivity contribution in [2.24, 2.45) is 0 Å². The maximum absolute atomic E-state index is 13.2. The second-order valence-corrected chi connectivity index (χ2v) is 8.01. The lowest BCUT2D eigenvalue weighted by Crippen LogP contribution is -2.13. The monoisotopic (exact) mass is 408 g/mol. The molecule has 3 aromatic carbocycles. The van der Waals surface area contributed by atoms with Gasteiger partial charge < -0.3 is 5.32 Å². The minimum Gasteiger partial charge on any atom is -0.322 e. The van der Waals surface area contributed by atoms with Crippen LogP contribution in [0.5, 0.6) is 0 Å². The van der Waals surface area contributed by atoms with Crippen molar-refractivity contribution in [2.45, 2.75) is 39.5 Å². The molecule has 0 saturated carbocycles. The predicted octanol–water partition coefficient (Wildman–Crippen LogP) is 7.23. The number of carbonyl (C=O) groups is 1. The van der Waals surface area contributed by atoms with Gasteiger partial charge in [-0.1, -0.05) is 75.4 Å². The first kappa shape index (κ1) is 20.8. The summed E-state index contributed by atoms with van der Waals surface area (Å²) in [4.78, 5) is 18.1. The summed E-state index contributed by atoms with van der Waals surface area (Å²) in [6, 6.07) is 26.2. The van der Waals surface area contributed by atoms with E-state index in [-0.39, 0.29) is 5.91 Å². The lowest BCUT2D eigenvalue weighted by molar-refractivity contribution is 0.102. The Morgan fingerprint density at radius 3 is 2.32 bits per heavy atom. The number of rotatable bonds is 6. The number of anilines is 1. The van der Waals surface area contributed by atoms with Gasteiger partial charge in [0.15, 0.2) is 0 Å². The van der Waals surface area contributed by atoms with E-state index in [2.05, 4.69) is 62.5 Å². The third-order valence-electron chi connectivity index (χ3n) is 5.97. The third kappa shape index (κ3) is 4.51. The zero-order chi connectivity index (χ0) is 21.8. The molecule has 3 heteroatoms. The first-order chi connectivity index (χ1) is 15.1. The summed E-state index contributed by atoms with van der Waals surface area (Å²) in [6.07, 6.45) is 2.09. The molecule has 0 bridgehead atoms. The molecule has 1 aromatic heterocycles. The SMILES string of the molecule is CCc1ccc(-c2cc(C(=O)Nc3ccc(C(C)CC)cc3)c3ccccc3n2)cc1. The molecule has 1 atom stereocenters. The minimum atomic E-state index is -0.124. The summed E-state index contributed by atoms with van der Waals surface area (Å²) in [5.41, 5.74) is 6.62. The number of aryl methyl sites for hydroxylation is 1. The van der Waals surface area contributed by atoms with E-state index in [0.717, 1.165) is 40.7 Å². The first-order valence-corrected chi connectivity index (χ1v) is 11.0. The molecule has 1 unspecified atom stereocenters. The number of hydrogen-bond acceptors (Lipinski definition) is 2. The topological polar surface area (TPSA) is 42.0 Å². The maximum Gasteiger partial charge on any atom is 0.256 e. The molecule has 1 heterocycles. The van der Waals surface area contributed by atoms with Gasteiger partial charge in [0.2, 0.25) is 0 Å². The second kappa shape index (κ2) is 9.13. The van der Waals surface area contributed by atoms with Crippen molar-refractivity contribution >= 4 is 22.5 Å². The van der Waals surface area contributed by atoms with Gasteiger partial charge in [-0.2, -0.15) is 0 Å². The Labute approximate surface area is 184 Å². The lowest BCUT2D eigenvalue weighted by atomic mass is 9.98. The fourth-order valence-corrected chi connectivity index (χ4v) is 3.75. The molecule has 0 saturated heterocycles. The van der Waals surface area contributed by atoms with E-state index in [0.29, 0.717) is 11.5 Å². The van der Waals surface area contributed by atoms with Crippen LogP contribution >= 0.6 is 0 Å². The van der Waals surface area contributed by atoms with Crippen molar-refractivity contribution in [3.8, 4) is 11.3 Å². The van der Waals surface area contributed by atoms with Gasteiger partial charge in [0.05, 0.1) is 16.8 Å². The molecular formula is C28H28N2O. The van der Waals surface area contributed by atoms with E-state index >= 15 is 0 Å². The zero-order valence-electron chi connectivity index (χ0n) is 18.4. The van der Waals surface area contributed by atoms with E-state index in [9.17, 15) is 4.79 Å². The van der Waals surface area contributed by atoms with Gasteiger partial charge in [-0.3, -0.25) is 4.79 Å². The van der Waals surface area contributed by atoms with Crippen LogP contribution in [0.4, 0.5) is 5.69 Å². The molecular weight excluding hydrogens is 380 g/mol. The number of aromatic nitrogens is 1. The number of benzene rings is 3. The smallest absolute Gasteiger partial charge is 0.256 e. The molecule has 3 nitrogen and oxygen atoms in total. The second-order valence-electron chi connectivity index (χ2n) is 8.01. The Kier molecular flexibility index (Phi) is 6.13. The van der Waals surface area contributed by atoms with Crippen molar-refractivity contribution in [1.29, 1.82) is 0 Å². The summed E-state index contributed by atoms with van der Waals surface area (Å²) in [5, 5.41) is 3.92. The van der Waals surface area contributed by atoms with E-state index < -0.39 is 0 Å². The summed E-state index contributed by atoms with van der Waals surface area (Å²) in [6.45, 7) is 6.54. The molecule has 0 radical (unpaired) electrons. The molecule has 0 fully saturated rings. The molecule has 0 aliphatic carbocycles. The standard InChI is InChI=1S/C28H28N2O/c1-4-19(3)21-14-16-23(17-15-21)29-28(31)25-18-27(22-12-10-20(5-2)11-13-22)30-26-9-7-6-8-24(25)26/h6-19H,4-5H2,1-3H3,(H,29,31). The highest BCUT2D eigenvalue weighted by molar-refractivity contribution is 6.13. The van der Waals surface area contributed by atoms with Crippen molar-refractivity contribution < 1.29 is 4.79 Å². The highest BCUT2D eigenvalue weighted by Gasteiger charge is 2.14. The van der Waals surface area contributed by atoms with Crippen LogP contribution in [0, 0.1) is 0 Å². The minimum absolute atomic E-state index is 0.124. The van der Waals surface area contributed by atoms with Crippen LogP contribution in [0.25, 0.3) is 22.2 Å². The van der Waals surface area contributed by atoms with Crippen LogP contribution in [-0.4, -0.2) is 10.9 Å². The average molecular weight is 409 g/mol.